The average molecular weight is 398 g/mol. The van der Waals surface area contributed by atoms with E-state index in [1.54, 1.807) is 11.3 Å². The van der Waals surface area contributed by atoms with Crippen LogP contribution in [-0.4, -0.2) is 56.0 Å². The summed E-state index contributed by atoms with van der Waals surface area (Å²) in [6.45, 7) is 6.00. The van der Waals surface area contributed by atoms with E-state index in [-0.39, 0.29) is 11.4 Å². The molecule has 2 saturated heterocycles. The van der Waals surface area contributed by atoms with Crippen molar-refractivity contribution in [2.24, 2.45) is 0 Å². The monoisotopic (exact) mass is 397 g/mol. The summed E-state index contributed by atoms with van der Waals surface area (Å²) < 4.78 is 0. The van der Waals surface area contributed by atoms with E-state index in [4.69, 9.17) is 0 Å². The molecule has 0 radical (unpaired) electrons. The standard InChI is InChI=1S/C23H31N3OS/c1-17-16-20(28-21(17)22(27)26-14-4-5-15-26)18-6-8-19(9-7-18)23(25(2)3)10-12-24-13-11-23/h6-9,16,24H,4-5,10-15H2,1-3H3. The van der Waals surface area contributed by atoms with Gasteiger partial charge >= 0.3 is 0 Å². The minimum Gasteiger partial charge on any atom is -0.338 e. The van der Waals surface area contributed by atoms with Crippen LogP contribution in [-0.2, 0) is 5.54 Å². The Hall–Kier alpha value is -1.69. The largest absolute Gasteiger partial charge is 0.338 e. The van der Waals surface area contributed by atoms with Gasteiger partial charge < -0.3 is 10.2 Å². The van der Waals surface area contributed by atoms with Crippen LogP contribution in [0.25, 0.3) is 10.4 Å². The number of piperidine rings is 1. The first kappa shape index (κ1) is 19.6. The summed E-state index contributed by atoms with van der Waals surface area (Å²) in [4.78, 5) is 19.3. The number of carbonyl (C=O) groups is 1. The van der Waals surface area contributed by atoms with Crippen LogP contribution in [0.3, 0.4) is 0 Å². The molecule has 2 aliphatic rings. The van der Waals surface area contributed by atoms with Gasteiger partial charge in [0.2, 0.25) is 0 Å². The predicted octanol–water partition coefficient (Wildman–Crippen LogP) is 4.10. The van der Waals surface area contributed by atoms with Crippen molar-refractivity contribution >= 4 is 17.2 Å². The Morgan fingerprint density at radius 2 is 1.75 bits per heavy atom. The third-order valence-electron chi connectivity index (χ3n) is 6.50. The van der Waals surface area contributed by atoms with Crippen molar-refractivity contribution in [1.29, 1.82) is 0 Å². The highest BCUT2D eigenvalue weighted by atomic mass is 32.1. The zero-order chi connectivity index (χ0) is 19.7. The molecule has 4 nitrogen and oxygen atoms in total. The van der Waals surface area contributed by atoms with Crippen LogP contribution in [0.15, 0.2) is 30.3 Å². The maximum absolute atomic E-state index is 12.8. The highest BCUT2D eigenvalue weighted by Crippen LogP contribution is 2.38. The SMILES string of the molecule is Cc1cc(-c2ccc(C3(N(C)C)CCNCC3)cc2)sc1C(=O)N1CCCC1. The third kappa shape index (κ3) is 3.51. The lowest BCUT2D eigenvalue weighted by Gasteiger charge is -2.43. The van der Waals surface area contributed by atoms with E-state index in [1.165, 1.54) is 16.0 Å². The van der Waals surface area contributed by atoms with Gasteiger partial charge in [0.1, 0.15) is 0 Å². The Morgan fingerprint density at radius 3 is 2.36 bits per heavy atom. The second kappa shape index (κ2) is 7.97. The lowest BCUT2D eigenvalue weighted by atomic mass is 9.80. The van der Waals surface area contributed by atoms with Crippen LogP contribution in [0.1, 0.15) is 46.5 Å². The first-order valence-corrected chi connectivity index (χ1v) is 11.2. The molecule has 28 heavy (non-hydrogen) atoms. The Bertz CT molecular complexity index is 828. The van der Waals surface area contributed by atoms with Gasteiger partial charge in [-0.05, 0) is 82.5 Å². The zero-order valence-corrected chi connectivity index (χ0v) is 18.1. The molecule has 3 heterocycles. The van der Waals surface area contributed by atoms with E-state index in [9.17, 15) is 4.79 Å². The van der Waals surface area contributed by atoms with Crippen LogP contribution >= 0.6 is 11.3 Å². The lowest BCUT2D eigenvalue weighted by molar-refractivity contribution is 0.0797. The molecular weight excluding hydrogens is 366 g/mol. The van der Waals surface area contributed by atoms with E-state index in [0.29, 0.717) is 0 Å². The van der Waals surface area contributed by atoms with Crippen LogP contribution in [0.5, 0.6) is 0 Å². The first-order chi connectivity index (χ1) is 13.5. The summed E-state index contributed by atoms with van der Waals surface area (Å²) in [5.74, 6) is 0.212. The van der Waals surface area contributed by atoms with E-state index in [1.807, 2.05) is 4.90 Å². The zero-order valence-electron chi connectivity index (χ0n) is 17.3. The number of likely N-dealkylation sites (tertiary alicyclic amines) is 1. The quantitative estimate of drug-likeness (QED) is 0.844. The van der Waals surface area contributed by atoms with Crippen molar-refractivity contribution in [2.45, 2.75) is 38.1 Å². The van der Waals surface area contributed by atoms with Crippen LogP contribution in [0, 0.1) is 6.92 Å². The molecule has 1 aromatic carbocycles. The predicted molar refractivity (Wildman–Crippen MR) is 117 cm³/mol. The van der Waals surface area contributed by atoms with Crippen molar-refractivity contribution in [3.8, 4) is 10.4 Å². The number of thiophene rings is 1. The van der Waals surface area contributed by atoms with Crippen molar-refractivity contribution in [2.75, 3.05) is 40.3 Å². The average Bonchev–Trinajstić information content (AvgIpc) is 3.38. The Balaban J connectivity index is 1.59. The number of hydrogen-bond acceptors (Lipinski definition) is 4. The summed E-state index contributed by atoms with van der Waals surface area (Å²) in [6.07, 6.45) is 4.53. The van der Waals surface area contributed by atoms with Crippen molar-refractivity contribution in [1.82, 2.24) is 15.1 Å². The van der Waals surface area contributed by atoms with Crippen molar-refractivity contribution < 1.29 is 4.79 Å². The molecule has 2 fully saturated rings. The van der Waals surface area contributed by atoms with E-state index in [0.717, 1.165) is 62.3 Å². The number of nitrogens with zero attached hydrogens (tertiary/aromatic N) is 2. The molecular formula is C23H31N3OS. The Labute approximate surface area is 172 Å². The van der Waals surface area contributed by atoms with E-state index < -0.39 is 0 Å². The highest BCUT2D eigenvalue weighted by molar-refractivity contribution is 7.17. The Kier molecular flexibility index (Phi) is 5.59. The summed E-state index contributed by atoms with van der Waals surface area (Å²) in [6, 6.07) is 11.2. The normalized spacial score (nSPS) is 19.4. The molecule has 150 valence electrons. The molecule has 2 aromatic rings. The van der Waals surface area contributed by atoms with Crippen molar-refractivity contribution in [3.05, 3.63) is 46.3 Å². The third-order valence-corrected chi connectivity index (χ3v) is 7.77. The number of benzene rings is 1. The molecule has 1 aromatic heterocycles. The summed E-state index contributed by atoms with van der Waals surface area (Å²) >= 11 is 1.64. The van der Waals surface area contributed by atoms with Crippen LogP contribution < -0.4 is 5.32 Å². The summed E-state index contributed by atoms with van der Waals surface area (Å²) in [7, 11) is 4.39. The van der Waals surface area contributed by atoms with Crippen LogP contribution in [0.4, 0.5) is 0 Å². The smallest absolute Gasteiger partial charge is 0.264 e. The highest BCUT2D eigenvalue weighted by Gasteiger charge is 2.35. The van der Waals surface area contributed by atoms with Gasteiger partial charge in [0.15, 0.2) is 0 Å². The fourth-order valence-corrected chi connectivity index (χ4v) is 5.83. The first-order valence-electron chi connectivity index (χ1n) is 10.4. The van der Waals surface area contributed by atoms with Crippen LogP contribution in [0.2, 0.25) is 0 Å². The molecule has 5 heteroatoms. The van der Waals surface area contributed by atoms with Gasteiger partial charge in [0.25, 0.3) is 5.91 Å². The molecule has 4 rings (SSSR count). The molecule has 0 bridgehead atoms. The topological polar surface area (TPSA) is 35.6 Å². The number of rotatable bonds is 4. The number of aryl methyl sites for hydroxylation is 1. The molecule has 0 unspecified atom stereocenters. The summed E-state index contributed by atoms with van der Waals surface area (Å²) in [5.41, 5.74) is 3.82. The van der Waals surface area contributed by atoms with Gasteiger partial charge in [0, 0.05) is 23.5 Å². The molecule has 0 saturated carbocycles. The molecule has 0 spiro atoms. The molecule has 0 aliphatic carbocycles. The fraction of sp³-hybridized carbons (Fsp3) is 0.522. The number of hydrogen-bond donors (Lipinski definition) is 1. The van der Waals surface area contributed by atoms with Gasteiger partial charge in [-0.1, -0.05) is 24.3 Å². The van der Waals surface area contributed by atoms with Gasteiger partial charge in [-0.3, -0.25) is 9.69 Å². The second-order valence-electron chi connectivity index (χ2n) is 8.38. The summed E-state index contributed by atoms with van der Waals surface area (Å²) in [5, 5.41) is 3.48. The lowest BCUT2D eigenvalue weighted by Crippen LogP contribution is -2.49. The molecule has 2 aliphatic heterocycles. The number of carbonyl (C=O) groups excluding carboxylic acids is 1. The van der Waals surface area contributed by atoms with Gasteiger partial charge in [-0.2, -0.15) is 0 Å². The van der Waals surface area contributed by atoms with Crippen molar-refractivity contribution in [3.63, 3.8) is 0 Å². The van der Waals surface area contributed by atoms with Gasteiger partial charge in [-0.15, -0.1) is 11.3 Å². The Morgan fingerprint density at radius 1 is 1.11 bits per heavy atom. The molecule has 1 N–H and O–H groups in total. The van der Waals surface area contributed by atoms with Gasteiger partial charge in [0.05, 0.1) is 4.88 Å². The van der Waals surface area contributed by atoms with Gasteiger partial charge in [-0.25, -0.2) is 0 Å². The number of nitrogens with one attached hydrogen (secondary N) is 1. The number of amides is 1. The maximum atomic E-state index is 12.8. The second-order valence-corrected chi connectivity index (χ2v) is 9.43. The van der Waals surface area contributed by atoms with E-state index >= 15 is 0 Å². The minimum absolute atomic E-state index is 0.117. The maximum Gasteiger partial charge on any atom is 0.264 e. The molecule has 0 atom stereocenters. The fourth-order valence-electron chi connectivity index (χ4n) is 4.68. The molecule has 1 amide bonds. The van der Waals surface area contributed by atoms with E-state index in [2.05, 4.69) is 61.6 Å². The minimum atomic E-state index is 0.117.